The molecule has 1 fully saturated rings. The Morgan fingerprint density at radius 2 is 1.93 bits per heavy atom. The Hall–Kier alpha value is -0.120. The summed E-state index contributed by atoms with van der Waals surface area (Å²) in [5.41, 5.74) is 0. The number of ether oxygens (including phenoxy) is 1. The molecule has 3 heteroatoms. The lowest BCUT2D eigenvalue weighted by Gasteiger charge is -2.39. The quantitative estimate of drug-likeness (QED) is 0.747. The van der Waals surface area contributed by atoms with Crippen LogP contribution in [0.2, 0.25) is 0 Å². The molecule has 1 heterocycles. The highest BCUT2D eigenvalue weighted by molar-refractivity contribution is 4.81. The highest BCUT2D eigenvalue weighted by atomic mass is 16.5. The lowest BCUT2D eigenvalue weighted by atomic mass is 9.98. The summed E-state index contributed by atoms with van der Waals surface area (Å²) in [5.74, 6) is 0.699. The van der Waals surface area contributed by atoms with Crippen LogP contribution in [0, 0.1) is 5.92 Å². The zero-order valence-electron chi connectivity index (χ0n) is 10.6. The minimum Gasteiger partial charge on any atom is -0.381 e. The van der Waals surface area contributed by atoms with Gasteiger partial charge in [-0.25, -0.2) is 0 Å². The Kier molecular flexibility index (Phi) is 5.58. The van der Waals surface area contributed by atoms with E-state index in [0.717, 1.165) is 19.8 Å². The zero-order valence-corrected chi connectivity index (χ0v) is 10.6. The van der Waals surface area contributed by atoms with Gasteiger partial charge in [0.25, 0.3) is 0 Å². The monoisotopic (exact) mass is 214 g/mol. The van der Waals surface area contributed by atoms with Gasteiger partial charge in [0.2, 0.25) is 0 Å². The number of likely N-dealkylation sites (N-methyl/N-ethyl adjacent to an activating group) is 2. The molecule has 1 rings (SSSR count). The summed E-state index contributed by atoms with van der Waals surface area (Å²) in [6.45, 7) is 7.54. The molecule has 1 aliphatic heterocycles. The van der Waals surface area contributed by atoms with Gasteiger partial charge in [-0.2, -0.15) is 0 Å². The van der Waals surface area contributed by atoms with Crippen molar-refractivity contribution >= 4 is 0 Å². The molecule has 90 valence electrons. The van der Waals surface area contributed by atoms with E-state index in [1.807, 2.05) is 7.05 Å². The van der Waals surface area contributed by atoms with Crippen molar-refractivity contribution in [2.45, 2.75) is 38.8 Å². The fourth-order valence-corrected chi connectivity index (χ4v) is 2.42. The molecule has 0 amide bonds. The molecule has 3 nitrogen and oxygen atoms in total. The van der Waals surface area contributed by atoms with Gasteiger partial charge in [0.1, 0.15) is 0 Å². The molecule has 0 aromatic heterocycles. The normalized spacial score (nSPS) is 21.2. The average molecular weight is 214 g/mol. The average Bonchev–Trinajstić information content (AvgIpc) is 2.26. The molecule has 1 N–H and O–H groups in total. The fourth-order valence-electron chi connectivity index (χ4n) is 2.42. The molecule has 0 bridgehead atoms. The lowest BCUT2D eigenvalue weighted by Crippen LogP contribution is -2.49. The Morgan fingerprint density at radius 1 is 1.33 bits per heavy atom. The first-order valence-electron chi connectivity index (χ1n) is 6.11. The summed E-state index contributed by atoms with van der Waals surface area (Å²) < 4.78 is 5.41. The second-order valence-corrected chi connectivity index (χ2v) is 4.88. The van der Waals surface area contributed by atoms with Gasteiger partial charge in [-0.1, -0.05) is 13.8 Å². The van der Waals surface area contributed by atoms with Crippen LogP contribution in [0.4, 0.5) is 0 Å². The molecule has 0 saturated carbocycles. The van der Waals surface area contributed by atoms with E-state index in [-0.39, 0.29) is 0 Å². The Bertz CT molecular complexity index is 167. The van der Waals surface area contributed by atoms with Gasteiger partial charge in [-0.05, 0) is 32.9 Å². The van der Waals surface area contributed by atoms with Crippen LogP contribution in [0.1, 0.15) is 26.7 Å². The van der Waals surface area contributed by atoms with E-state index in [1.54, 1.807) is 0 Å². The van der Waals surface area contributed by atoms with Crippen molar-refractivity contribution in [3.8, 4) is 0 Å². The van der Waals surface area contributed by atoms with Crippen molar-refractivity contribution in [1.82, 2.24) is 10.2 Å². The Labute approximate surface area is 94.2 Å². The number of hydrogen-bond acceptors (Lipinski definition) is 3. The van der Waals surface area contributed by atoms with E-state index in [4.69, 9.17) is 4.74 Å². The highest BCUT2D eigenvalue weighted by Crippen LogP contribution is 2.18. The minimum atomic E-state index is 0.637. The predicted molar refractivity (Wildman–Crippen MR) is 64.2 cm³/mol. The molecule has 15 heavy (non-hydrogen) atoms. The standard InChI is InChI=1S/C12H26N2O/c1-10(2)12(9-13-3)14(4)11-5-7-15-8-6-11/h10-13H,5-9H2,1-4H3. The molecule has 1 aliphatic rings. The van der Waals surface area contributed by atoms with E-state index in [0.29, 0.717) is 18.0 Å². The van der Waals surface area contributed by atoms with E-state index < -0.39 is 0 Å². The third kappa shape index (κ3) is 3.74. The van der Waals surface area contributed by atoms with Gasteiger partial charge in [-0.3, -0.25) is 4.90 Å². The van der Waals surface area contributed by atoms with E-state index >= 15 is 0 Å². The maximum Gasteiger partial charge on any atom is 0.0480 e. The molecule has 0 radical (unpaired) electrons. The SMILES string of the molecule is CNCC(C(C)C)N(C)C1CCOCC1. The van der Waals surface area contributed by atoms with Crippen LogP contribution in [0.3, 0.4) is 0 Å². The highest BCUT2D eigenvalue weighted by Gasteiger charge is 2.26. The first-order valence-corrected chi connectivity index (χ1v) is 6.11. The molecule has 0 spiro atoms. The van der Waals surface area contributed by atoms with Gasteiger partial charge >= 0.3 is 0 Å². The van der Waals surface area contributed by atoms with Crippen LogP contribution in [0.15, 0.2) is 0 Å². The van der Waals surface area contributed by atoms with Crippen LogP contribution in [0.5, 0.6) is 0 Å². The van der Waals surface area contributed by atoms with Crippen molar-refractivity contribution in [3.05, 3.63) is 0 Å². The molecule has 0 aromatic carbocycles. The summed E-state index contributed by atoms with van der Waals surface area (Å²) in [5, 5.41) is 3.30. The first-order chi connectivity index (χ1) is 7.16. The van der Waals surface area contributed by atoms with Gasteiger partial charge in [0, 0.05) is 31.8 Å². The lowest BCUT2D eigenvalue weighted by molar-refractivity contribution is 0.0207. The fraction of sp³-hybridized carbons (Fsp3) is 1.00. The van der Waals surface area contributed by atoms with Crippen molar-refractivity contribution in [2.75, 3.05) is 33.9 Å². The Balaban J connectivity index is 2.49. The number of hydrogen-bond donors (Lipinski definition) is 1. The van der Waals surface area contributed by atoms with Crippen LogP contribution in [-0.4, -0.2) is 50.8 Å². The maximum absolute atomic E-state index is 5.41. The molecule has 0 aromatic rings. The van der Waals surface area contributed by atoms with Crippen molar-refractivity contribution in [3.63, 3.8) is 0 Å². The molecular formula is C12H26N2O. The topological polar surface area (TPSA) is 24.5 Å². The zero-order chi connectivity index (χ0) is 11.3. The van der Waals surface area contributed by atoms with Crippen molar-refractivity contribution in [1.29, 1.82) is 0 Å². The van der Waals surface area contributed by atoms with Crippen LogP contribution >= 0.6 is 0 Å². The largest absolute Gasteiger partial charge is 0.381 e. The molecule has 1 atom stereocenters. The van der Waals surface area contributed by atoms with Crippen LogP contribution < -0.4 is 5.32 Å². The summed E-state index contributed by atoms with van der Waals surface area (Å²) in [6, 6.07) is 1.34. The van der Waals surface area contributed by atoms with Crippen molar-refractivity contribution in [2.24, 2.45) is 5.92 Å². The smallest absolute Gasteiger partial charge is 0.0480 e. The summed E-state index contributed by atoms with van der Waals surface area (Å²) in [4.78, 5) is 2.55. The third-order valence-corrected chi connectivity index (χ3v) is 3.47. The van der Waals surface area contributed by atoms with Crippen molar-refractivity contribution < 1.29 is 4.74 Å². The maximum atomic E-state index is 5.41. The molecule has 1 saturated heterocycles. The Morgan fingerprint density at radius 3 is 2.40 bits per heavy atom. The van der Waals surface area contributed by atoms with Gasteiger partial charge in [-0.15, -0.1) is 0 Å². The number of rotatable bonds is 5. The van der Waals surface area contributed by atoms with E-state index in [1.165, 1.54) is 12.8 Å². The first kappa shape index (κ1) is 12.9. The number of nitrogens with zero attached hydrogens (tertiary/aromatic N) is 1. The second-order valence-electron chi connectivity index (χ2n) is 4.88. The number of nitrogens with one attached hydrogen (secondary N) is 1. The molecular weight excluding hydrogens is 188 g/mol. The summed E-state index contributed by atoms with van der Waals surface area (Å²) in [6.07, 6.45) is 2.37. The van der Waals surface area contributed by atoms with Gasteiger partial charge in [0.05, 0.1) is 0 Å². The minimum absolute atomic E-state index is 0.637. The van der Waals surface area contributed by atoms with Crippen LogP contribution in [0.25, 0.3) is 0 Å². The van der Waals surface area contributed by atoms with Gasteiger partial charge < -0.3 is 10.1 Å². The van der Waals surface area contributed by atoms with E-state index in [9.17, 15) is 0 Å². The summed E-state index contributed by atoms with van der Waals surface area (Å²) >= 11 is 0. The molecule has 0 aliphatic carbocycles. The summed E-state index contributed by atoms with van der Waals surface area (Å²) in [7, 11) is 4.30. The third-order valence-electron chi connectivity index (χ3n) is 3.47. The van der Waals surface area contributed by atoms with Gasteiger partial charge in [0.15, 0.2) is 0 Å². The van der Waals surface area contributed by atoms with Crippen LogP contribution in [-0.2, 0) is 4.74 Å². The second kappa shape index (κ2) is 6.46. The predicted octanol–water partition coefficient (Wildman–Crippen LogP) is 1.34. The van der Waals surface area contributed by atoms with E-state index in [2.05, 4.69) is 31.1 Å². The molecule has 1 unspecified atom stereocenters.